The number of nitrogens with zero attached hydrogens (tertiary/aromatic N) is 1. The Labute approximate surface area is 125 Å². The SMILES string of the molecule is CCCCOC(=O)C(O)N1C(=O)CC1(C)CC(=S)CC. The van der Waals surface area contributed by atoms with Crippen LogP contribution in [0.2, 0.25) is 0 Å². The van der Waals surface area contributed by atoms with E-state index in [1.807, 2.05) is 20.8 Å². The lowest BCUT2D eigenvalue weighted by molar-refractivity contribution is -0.193. The van der Waals surface area contributed by atoms with E-state index in [1.165, 1.54) is 4.90 Å². The molecule has 0 aromatic heterocycles. The van der Waals surface area contributed by atoms with Crippen LogP contribution in [0.25, 0.3) is 0 Å². The summed E-state index contributed by atoms with van der Waals surface area (Å²) in [4.78, 5) is 25.5. The van der Waals surface area contributed by atoms with Gasteiger partial charge >= 0.3 is 5.97 Å². The van der Waals surface area contributed by atoms with Crippen molar-refractivity contribution in [3.63, 3.8) is 0 Å². The average Bonchev–Trinajstić information content (AvgIpc) is 2.37. The molecule has 2 unspecified atom stereocenters. The zero-order valence-corrected chi connectivity index (χ0v) is 13.2. The third-order valence-corrected chi connectivity index (χ3v) is 3.99. The molecule has 0 saturated carbocycles. The number of carbonyl (C=O) groups is 2. The first-order valence-corrected chi connectivity index (χ1v) is 7.45. The summed E-state index contributed by atoms with van der Waals surface area (Å²) in [6.45, 7) is 6.02. The molecule has 1 N–H and O–H groups in total. The van der Waals surface area contributed by atoms with Crippen molar-refractivity contribution in [3.05, 3.63) is 0 Å². The Morgan fingerprint density at radius 3 is 2.70 bits per heavy atom. The van der Waals surface area contributed by atoms with E-state index >= 15 is 0 Å². The highest BCUT2D eigenvalue weighted by Crippen LogP contribution is 2.37. The Kier molecular flexibility index (Phi) is 6.07. The van der Waals surface area contributed by atoms with Crippen LogP contribution in [0.3, 0.4) is 0 Å². The standard InChI is InChI=1S/C14H23NO4S/c1-4-6-7-19-13(18)12(17)15-11(16)9-14(15,3)8-10(20)5-2/h12,17H,4-9H2,1-3H3. The first-order chi connectivity index (χ1) is 9.35. The third kappa shape index (κ3) is 3.76. The number of likely N-dealkylation sites (tertiary alicyclic amines) is 1. The molecule has 0 spiro atoms. The Morgan fingerprint density at radius 1 is 1.55 bits per heavy atom. The highest BCUT2D eigenvalue weighted by molar-refractivity contribution is 7.80. The van der Waals surface area contributed by atoms with Gasteiger partial charge in [0.15, 0.2) is 0 Å². The summed E-state index contributed by atoms with van der Waals surface area (Å²) in [6.07, 6.45) is 1.66. The highest BCUT2D eigenvalue weighted by atomic mass is 32.1. The van der Waals surface area contributed by atoms with Crippen LogP contribution in [-0.2, 0) is 14.3 Å². The Bertz CT molecular complexity index is 399. The summed E-state index contributed by atoms with van der Waals surface area (Å²) in [6, 6.07) is 0. The molecule has 5 nitrogen and oxygen atoms in total. The van der Waals surface area contributed by atoms with Crippen molar-refractivity contribution < 1.29 is 19.4 Å². The zero-order chi connectivity index (χ0) is 15.3. The molecule has 1 heterocycles. The molecule has 1 fully saturated rings. The molecule has 20 heavy (non-hydrogen) atoms. The van der Waals surface area contributed by atoms with Crippen LogP contribution in [0.4, 0.5) is 0 Å². The maximum Gasteiger partial charge on any atom is 0.356 e. The van der Waals surface area contributed by atoms with Gasteiger partial charge in [-0.15, -0.1) is 0 Å². The Hall–Kier alpha value is -1.01. The lowest BCUT2D eigenvalue weighted by Crippen LogP contribution is -2.67. The molecule has 1 saturated heterocycles. The normalized spacial score (nSPS) is 23.2. The van der Waals surface area contributed by atoms with E-state index in [9.17, 15) is 14.7 Å². The summed E-state index contributed by atoms with van der Waals surface area (Å²) in [7, 11) is 0. The molecule has 0 aromatic rings. The number of esters is 1. The lowest BCUT2D eigenvalue weighted by atomic mass is 9.81. The molecule has 114 valence electrons. The van der Waals surface area contributed by atoms with E-state index in [-0.39, 0.29) is 12.5 Å². The fraction of sp³-hybridized carbons (Fsp3) is 0.786. The van der Waals surface area contributed by atoms with Crippen molar-refractivity contribution in [1.82, 2.24) is 4.90 Å². The molecule has 1 aliphatic rings. The van der Waals surface area contributed by atoms with Crippen molar-refractivity contribution in [2.75, 3.05) is 6.61 Å². The van der Waals surface area contributed by atoms with Crippen molar-refractivity contribution in [2.45, 2.75) is 64.6 Å². The van der Waals surface area contributed by atoms with Gasteiger partial charge in [0, 0.05) is 6.42 Å². The monoisotopic (exact) mass is 301 g/mol. The van der Waals surface area contributed by atoms with Gasteiger partial charge in [-0.3, -0.25) is 4.79 Å². The molecule has 6 heteroatoms. The molecule has 1 amide bonds. The summed E-state index contributed by atoms with van der Waals surface area (Å²) >= 11 is 5.20. The summed E-state index contributed by atoms with van der Waals surface area (Å²) < 4.78 is 4.96. The van der Waals surface area contributed by atoms with Gasteiger partial charge < -0.3 is 14.7 Å². The number of aliphatic hydroxyl groups is 1. The van der Waals surface area contributed by atoms with Gasteiger partial charge in [-0.2, -0.15) is 0 Å². The zero-order valence-electron chi connectivity index (χ0n) is 12.3. The van der Waals surface area contributed by atoms with Crippen LogP contribution in [0.5, 0.6) is 0 Å². The second-order valence-electron chi connectivity index (χ2n) is 5.40. The summed E-state index contributed by atoms with van der Waals surface area (Å²) in [5.74, 6) is -1.01. The minimum Gasteiger partial charge on any atom is -0.462 e. The van der Waals surface area contributed by atoms with Gasteiger partial charge in [0.05, 0.1) is 18.6 Å². The third-order valence-electron chi connectivity index (χ3n) is 3.55. The van der Waals surface area contributed by atoms with Crippen molar-refractivity contribution in [2.24, 2.45) is 0 Å². The van der Waals surface area contributed by atoms with E-state index in [1.54, 1.807) is 0 Å². The molecule has 1 rings (SSSR count). The van der Waals surface area contributed by atoms with Crippen LogP contribution >= 0.6 is 12.2 Å². The summed E-state index contributed by atoms with van der Waals surface area (Å²) in [5, 5.41) is 10.0. The fourth-order valence-electron chi connectivity index (χ4n) is 2.33. The molecule has 0 aliphatic carbocycles. The first-order valence-electron chi connectivity index (χ1n) is 7.04. The largest absolute Gasteiger partial charge is 0.462 e. The quantitative estimate of drug-likeness (QED) is 0.320. The smallest absolute Gasteiger partial charge is 0.356 e. The number of β-lactam (4-membered cyclic amide) rings is 1. The van der Waals surface area contributed by atoms with Crippen molar-refractivity contribution >= 4 is 29.0 Å². The summed E-state index contributed by atoms with van der Waals surface area (Å²) in [5.41, 5.74) is -0.576. The molecule has 2 atom stereocenters. The number of rotatable bonds is 8. The van der Waals surface area contributed by atoms with E-state index in [2.05, 4.69) is 0 Å². The minimum absolute atomic E-state index is 0.244. The highest BCUT2D eigenvalue weighted by Gasteiger charge is 2.52. The lowest BCUT2D eigenvalue weighted by Gasteiger charge is -2.51. The van der Waals surface area contributed by atoms with Gasteiger partial charge in [0.25, 0.3) is 0 Å². The van der Waals surface area contributed by atoms with Crippen LogP contribution in [0.1, 0.15) is 52.9 Å². The van der Waals surface area contributed by atoms with Gasteiger partial charge in [0.2, 0.25) is 12.1 Å². The molecule has 1 aliphatic heterocycles. The molecule has 0 bridgehead atoms. The second-order valence-corrected chi connectivity index (χ2v) is 5.98. The first kappa shape index (κ1) is 17.0. The van der Waals surface area contributed by atoms with Gasteiger partial charge in [-0.25, -0.2) is 4.79 Å². The Balaban J connectivity index is 2.64. The molecule has 0 aromatic carbocycles. The number of hydrogen-bond acceptors (Lipinski definition) is 5. The fourth-order valence-corrected chi connectivity index (χ4v) is 2.64. The van der Waals surface area contributed by atoms with Gasteiger partial charge in [-0.1, -0.05) is 32.5 Å². The van der Waals surface area contributed by atoms with E-state index in [0.717, 1.165) is 24.1 Å². The van der Waals surface area contributed by atoms with Crippen molar-refractivity contribution in [3.8, 4) is 0 Å². The predicted molar refractivity (Wildman–Crippen MR) is 79.2 cm³/mol. The van der Waals surface area contributed by atoms with Gasteiger partial charge in [-0.05, 0) is 24.6 Å². The van der Waals surface area contributed by atoms with Crippen molar-refractivity contribution in [1.29, 1.82) is 0 Å². The van der Waals surface area contributed by atoms with E-state index < -0.39 is 17.7 Å². The van der Waals surface area contributed by atoms with Crippen LogP contribution < -0.4 is 0 Å². The maximum absolute atomic E-state index is 11.7. The van der Waals surface area contributed by atoms with Crippen LogP contribution in [0, 0.1) is 0 Å². The average molecular weight is 301 g/mol. The predicted octanol–water partition coefficient (Wildman–Crippen LogP) is 1.81. The number of carbonyl (C=O) groups excluding carboxylic acids is 2. The molecular weight excluding hydrogens is 278 g/mol. The van der Waals surface area contributed by atoms with E-state index in [0.29, 0.717) is 12.8 Å². The number of amides is 1. The van der Waals surface area contributed by atoms with Crippen LogP contribution in [0.15, 0.2) is 0 Å². The van der Waals surface area contributed by atoms with Crippen LogP contribution in [-0.4, -0.2) is 45.1 Å². The maximum atomic E-state index is 11.7. The van der Waals surface area contributed by atoms with E-state index in [4.69, 9.17) is 17.0 Å². The van der Waals surface area contributed by atoms with Gasteiger partial charge in [0.1, 0.15) is 0 Å². The number of unbranched alkanes of at least 4 members (excludes halogenated alkanes) is 1. The molecule has 0 radical (unpaired) electrons. The topological polar surface area (TPSA) is 66.8 Å². The number of hydrogen-bond donors (Lipinski definition) is 1. The second kappa shape index (κ2) is 7.13. The number of aliphatic hydroxyl groups excluding tert-OH is 1. The molecular formula is C14H23NO4S. The number of ether oxygens (including phenoxy) is 1. The minimum atomic E-state index is -1.53. The number of thiocarbonyl (C=S) groups is 1. The Morgan fingerprint density at radius 2 is 2.20 bits per heavy atom.